The predicted molar refractivity (Wildman–Crippen MR) is 63.2 cm³/mol. The first-order valence-electron chi connectivity index (χ1n) is 5.46. The Morgan fingerprint density at radius 3 is 2.88 bits per heavy atom. The lowest BCUT2D eigenvalue weighted by Gasteiger charge is -2.06. The SMILES string of the molecule is Cc1ccccc1CNC(=O)Cc1ccon1. The smallest absolute Gasteiger partial charge is 0.226 e. The molecule has 0 aliphatic rings. The molecule has 2 aromatic rings. The van der Waals surface area contributed by atoms with Gasteiger partial charge in [0, 0.05) is 12.6 Å². The van der Waals surface area contributed by atoms with E-state index in [2.05, 4.69) is 15.0 Å². The number of rotatable bonds is 4. The molecule has 1 aromatic carbocycles. The standard InChI is InChI=1S/C13H14N2O2/c1-10-4-2-3-5-11(10)9-14-13(16)8-12-6-7-17-15-12/h2-7H,8-9H2,1H3,(H,14,16). The lowest BCUT2D eigenvalue weighted by atomic mass is 10.1. The quantitative estimate of drug-likeness (QED) is 0.872. The summed E-state index contributed by atoms with van der Waals surface area (Å²) in [6.07, 6.45) is 1.71. The number of benzene rings is 1. The van der Waals surface area contributed by atoms with Crippen molar-refractivity contribution in [3.8, 4) is 0 Å². The molecule has 0 aliphatic carbocycles. The highest BCUT2D eigenvalue weighted by Crippen LogP contribution is 2.06. The Morgan fingerprint density at radius 1 is 1.35 bits per heavy atom. The van der Waals surface area contributed by atoms with Crippen LogP contribution >= 0.6 is 0 Å². The second-order valence-electron chi connectivity index (χ2n) is 3.87. The molecule has 0 unspecified atom stereocenters. The fraction of sp³-hybridized carbons (Fsp3) is 0.231. The lowest BCUT2D eigenvalue weighted by molar-refractivity contribution is -0.120. The molecule has 4 nitrogen and oxygen atoms in total. The summed E-state index contributed by atoms with van der Waals surface area (Å²) >= 11 is 0. The number of hydrogen-bond donors (Lipinski definition) is 1. The first kappa shape index (κ1) is 11.4. The van der Waals surface area contributed by atoms with Crippen molar-refractivity contribution in [3.05, 3.63) is 53.4 Å². The van der Waals surface area contributed by atoms with Crippen LogP contribution in [-0.4, -0.2) is 11.1 Å². The highest BCUT2D eigenvalue weighted by Gasteiger charge is 2.06. The van der Waals surface area contributed by atoms with Gasteiger partial charge in [-0.05, 0) is 18.1 Å². The van der Waals surface area contributed by atoms with Crippen molar-refractivity contribution in [3.63, 3.8) is 0 Å². The van der Waals surface area contributed by atoms with Gasteiger partial charge in [0.2, 0.25) is 5.91 Å². The summed E-state index contributed by atoms with van der Waals surface area (Å²) in [6.45, 7) is 2.57. The van der Waals surface area contributed by atoms with Crippen LogP contribution in [0.1, 0.15) is 16.8 Å². The van der Waals surface area contributed by atoms with E-state index in [1.807, 2.05) is 31.2 Å². The van der Waals surface area contributed by atoms with Gasteiger partial charge in [-0.25, -0.2) is 0 Å². The maximum Gasteiger partial charge on any atom is 0.226 e. The van der Waals surface area contributed by atoms with E-state index in [-0.39, 0.29) is 12.3 Å². The Balaban J connectivity index is 1.86. The zero-order chi connectivity index (χ0) is 12.1. The molecule has 0 saturated heterocycles. The summed E-state index contributed by atoms with van der Waals surface area (Å²) in [7, 11) is 0. The Labute approximate surface area is 99.6 Å². The van der Waals surface area contributed by atoms with Crippen molar-refractivity contribution in [1.29, 1.82) is 0 Å². The van der Waals surface area contributed by atoms with E-state index in [0.29, 0.717) is 12.2 Å². The fourth-order valence-corrected chi connectivity index (χ4v) is 1.56. The van der Waals surface area contributed by atoms with Crippen molar-refractivity contribution in [2.24, 2.45) is 0 Å². The van der Waals surface area contributed by atoms with Gasteiger partial charge in [-0.15, -0.1) is 0 Å². The fourth-order valence-electron chi connectivity index (χ4n) is 1.56. The number of aryl methyl sites for hydroxylation is 1. The summed E-state index contributed by atoms with van der Waals surface area (Å²) in [6, 6.07) is 9.67. The average Bonchev–Trinajstić information content (AvgIpc) is 2.81. The molecular formula is C13H14N2O2. The number of aromatic nitrogens is 1. The minimum atomic E-state index is -0.0536. The third kappa shape index (κ3) is 3.17. The van der Waals surface area contributed by atoms with Crippen LogP contribution in [0, 0.1) is 6.92 Å². The van der Waals surface area contributed by atoms with Crippen LogP contribution in [-0.2, 0) is 17.8 Å². The number of amides is 1. The highest BCUT2D eigenvalue weighted by molar-refractivity contribution is 5.78. The number of carbonyl (C=O) groups excluding carboxylic acids is 1. The molecule has 88 valence electrons. The van der Waals surface area contributed by atoms with Crippen LogP contribution in [0.3, 0.4) is 0 Å². The number of carbonyl (C=O) groups is 1. The van der Waals surface area contributed by atoms with Gasteiger partial charge in [0.05, 0.1) is 12.1 Å². The van der Waals surface area contributed by atoms with E-state index in [1.165, 1.54) is 11.8 Å². The van der Waals surface area contributed by atoms with Crippen LogP contribution in [0.25, 0.3) is 0 Å². The molecule has 1 N–H and O–H groups in total. The first-order chi connectivity index (χ1) is 8.25. The summed E-state index contributed by atoms with van der Waals surface area (Å²) < 4.78 is 4.67. The van der Waals surface area contributed by atoms with E-state index in [4.69, 9.17) is 0 Å². The van der Waals surface area contributed by atoms with Crippen LogP contribution in [0.4, 0.5) is 0 Å². The third-order valence-corrected chi connectivity index (χ3v) is 2.57. The van der Waals surface area contributed by atoms with Crippen molar-refractivity contribution >= 4 is 5.91 Å². The second-order valence-corrected chi connectivity index (χ2v) is 3.87. The van der Waals surface area contributed by atoms with Crippen LogP contribution in [0.15, 0.2) is 41.1 Å². The lowest BCUT2D eigenvalue weighted by Crippen LogP contribution is -2.24. The van der Waals surface area contributed by atoms with Gasteiger partial charge in [-0.3, -0.25) is 4.79 Å². The molecule has 0 atom stereocenters. The highest BCUT2D eigenvalue weighted by atomic mass is 16.5. The average molecular weight is 230 g/mol. The van der Waals surface area contributed by atoms with E-state index in [1.54, 1.807) is 6.07 Å². The maximum absolute atomic E-state index is 11.6. The Bertz CT molecular complexity index is 492. The topological polar surface area (TPSA) is 55.1 Å². The van der Waals surface area contributed by atoms with Gasteiger partial charge in [-0.2, -0.15) is 0 Å². The molecule has 2 rings (SSSR count). The minimum Gasteiger partial charge on any atom is -0.364 e. The Kier molecular flexibility index (Phi) is 3.55. The number of nitrogens with zero attached hydrogens (tertiary/aromatic N) is 1. The van der Waals surface area contributed by atoms with Gasteiger partial charge >= 0.3 is 0 Å². The van der Waals surface area contributed by atoms with Gasteiger partial charge in [0.15, 0.2) is 0 Å². The molecule has 17 heavy (non-hydrogen) atoms. The van der Waals surface area contributed by atoms with Crippen molar-refractivity contribution < 1.29 is 9.32 Å². The van der Waals surface area contributed by atoms with Crippen LogP contribution < -0.4 is 5.32 Å². The summed E-state index contributed by atoms with van der Waals surface area (Å²) in [5.74, 6) is -0.0536. The molecule has 0 spiro atoms. The molecule has 1 amide bonds. The molecule has 0 saturated carbocycles. The maximum atomic E-state index is 11.6. The molecule has 1 heterocycles. The van der Waals surface area contributed by atoms with Gasteiger partial charge in [-0.1, -0.05) is 29.4 Å². The summed E-state index contributed by atoms with van der Waals surface area (Å²) in [4.78, 5) is 11.6. The Hall–Kier alpha value is -2.10. The van der Waals surface area contributed by atoms with Gasteiger partial charge in [0.25, 0.3) is 0 Å². The first-order valence-corrected chi connectivity index (χ1v) is 5.46. The molecule has 4 heteroatoms. The molecular weight excluding hydrogens is 216 g/mol. The van der Waals surface area contributed by atoms with Crippen LogP contribution in [0.2, 0.25) is 0 Å². The van der Waals surface area contributed by atoms with Crippen LogP contribution in [0.5, 0.6) is 0 Å². The van der Waals surface area contributed by atoms with E-state index < -0.39 is 0 Å². The van der Waals surface area contributed by atoms with E-state index in [9.17, 15) is 4.79 Å². The zero-order valence-corrected chi connectivity index (χ0v) is 9.64. The predicted octanol–water partition coefficient (Wildman–Crippen LogP) is 1.84. The van der Waals surface area contributed by atoms with Gasteiger partial charge in [0.1, 0.15) is 6.26 Å². The van der Waals surface area contributed by atoms with E-state index in [0.717, 1.165) is 5.56 Å². The zero-order valence-electron chi connectivity index (χ0n) is 9.64. The monoisotopic (exact) mass is 230 g/mol. The summed E-state index contributed by atoms with van der Waals surface area (Å²) in [5.41, 5.74) is 2.95. The third-order valence-electron chi connectivity index (χ3n) is 2.57. The summed E-state index contributed by atoms with van der Waals surface area (Å²) in [5, 5.41) is 6.55. The van der Waals surface area contributed by atoms with E-state index >= 15 is 0 Å². The molecule has 0 fully saturated rings. The molecule has 1 aromatic heterocycles. The van der Waals surface area contributed by atoms with Crippen molar-refractivity contribution in [2.45, 2.75) is 19.9 Å². The molecule has 0 bridgehead atoms. The second kappa shape index (κ2) is 5.30. The van der Waals surface area contributed by atoms with Crippen molar-refractivity contribution in [1.82, 2.24) is 10.5 Å². The normalized spacial score (nSPS) is 10.2. The molecule has 0 radical (unpaired) electrons. The largest absolute Gasteiger partial charge is 0.364 e. The molecule has 0 aliphatic heterocycles. The van der Waals surface area contributed by atoms with Gasteiger partial charge < -0.3 is 9.84 Å². The Morgan fingerprint density at radius 2 is 2.18 bits per heavy atom. The van der Waals surface area contributed by atoms with Crippen molar-refractivity contribution in [2.75, 3.05) is 0 Å². The number of nitrogens with one attached hydrogen (secondary N) is 1. The minimum absolute atomic E-state index is 0.0536. The number of hydrogen-bond acceptors (Lipinski definition) is 3.